The number of nitrogens with zero attached hydrogens (tertiary/aromatic N) is 2. The zero-order chi connectivity index (χ0) is 27.0. The van der Waals surface area contributed by atoms with E-state index in [2.05, 4.69) is 15.9 Å². The molecule has 0 aliphatic rings. The van der Waals surface area contributed by atoms with E-state index in [0.717, 1.165) is 15.6 Å². The van der Waals surface area contributed by atoms with Crippen LogP contribution in [0, 0.1) is 10.1 Å². The molecular formula is C29H31BrN2O5. The van der Waals surface area contributed by atoms with E-state index in [1.165, 1.54) is 4.90 Å². The van der Waals surface area contributed by atoms with Crippen molar-refractivity contribution in [2.75, 3.05) is 18.6 Å². The minimum Gasteiger partial charge on any atom is -0.497 e. The van der Waals surface area contributed by atoms with Crippen LogP contribution in [0.15, 0.2) is 95.6 Å². The Bertz CT molecular complexity index is 1210. The highest BCUT2D eigenvalue weighted by Gasteiger charge is 2.29. The number of amides is 1. The van der Waals surface area contributed by atoms with Crippen molar-refractivity contribution in [3.63, 3.8) is 0 Å². The second-order valence-corrected chi connectivity index (χ2v) is 10.4. The number of rotatable bonds is 9. The van der Waals surface area contributed by atoms with Crippen LogP contribution in [0.1, 0.15) is 43.7 Å². The van der Waals surface area contributed by atoms with Gasteiger partial charge in [-0.25, -0.2) is 4.79 Å². The Hall–Kier alpha value is -3.65. The van der Waals surface area contributed by atoms with Crippen LogP contribution in [0.3, 0.4) is 0 Å². The first kappa shape index (κ1) is 27.9. The van der Waals surface area contributed by atoms with Gasteiger partial charge in [-0.3, -0.25) is 15.0 Å². The number of methoxy groups -OCH3 is 1. The molecule has 37 heavy (non-hydrogen) atoms. The van der Waals surface area contributed by atoms with Gasteiger partial charge in [-0.15, -0.1) is 0 Å². The summed E-state index contributed by atoms with van der Waals surface area (Å²) in [5, 5.41) is 11.7. The fourth-order valence-electron chi connectivity index (χ4n) is 3.93. The number of benzene rings is 3. The summed E-state index contributed by atoms with van der Waals surface area (Å²) in [5.74, 6) is -0.214. The van der Waals surface area contributed by atoms with Crippen LogP contribution in [0.25, 0.3) is 0 Å². The molecule has 0 unspecified atom stereocenters. The van der Waals surface area contributed by atoms with Gasteiger partial charge in [0.2, 0.25) is 6.54 Å². The molecule has 3 aromatic rings. The summed E-state index contributed by atoms with van der Waals surface area (Å²) >= 11 is 3.44. The monoisotopic (exact) mass is 566 g/mol. The number of halogens is 1. The van der Waals surface area contributed by atoms with Crippen molar-refractivity contribution in [1.82, 2.24) is 0 Å². The van der Waals surface area contributed by atoms with Crippen LogP contribution in [0.2, 0.25) is 0 Å². The van der Waals surface area contributed by atoms with Crippen molar-refractivity contribution in [3.05, 3.63) is 117 Å². The number of anilines is 1. The van der Waals surface area contributed by atoms with Gasteiger partial charge in [0.05, 0.1) is 18.7 Å². The van der Waals surface area contributed by atoms with Gasteiger partial charge in [-0.2, -0.15) is 0 Å². The van der Waals surface area contributed by atoms with Gasteiger partial charge in [0.25, 0.3) is 0 Å². The van der Waals surface area contributed by atoms with Crippen LogP contribution < -0.4 is 9.64 Å². The van der Waals surface area contributed by atoms with Gasteiger partial charge in [0.15, 0.2) is 0 Å². The number of nitro groups is 1. The molecule has 0 aliphatic carbocycles. The molecule has 8 heteroatoms. The molecule has 0 spiro atoms. The van der Waals surface area contributed by atoms with Crippen molar-refractivity contribution >= 4 is 27.7 Å². The average molecular weight is 567 g/mol. The molecule has 0 fully saturated rings. The van der Waals surface area contributed by atoms with E-state index >= 15 is 0 Å². The largest absolute Gasteiger partial charge is 0.497 e. The van der Waals surface area contributed by atoms with E-state index in [-0.39, 0.29) is 11.5 Å². The highest BCUT2D eigenvalue weighted by Crippen LogP contribution is 2.36. The third kappa shape index (κ3) is 8.18. The summed E-state index contributed by atoms with van der Waals surface area (Å²) < 4.78 is 11.8. The van der Waals surface area contributed by atoms with Crippen LogP contribution >= 0.6 is 15.9 Å². The fourth-order valence-corrected chi connectivity index (χ4v) is 4.20. The Kier molecular flexibility index (Phi) is 9.47. The number of ether oxygens (including phenoxy) is 2. The van der Waals surface area contributed by atoms with Gasteiger partial charge in [-0.1, -0.05) is 64.5 Å². The third-order valence-corrected chi connectivity index (χ3v) is 6.17. The average Bonchev–Trinajstić information content (AvgIpc) is 2.85. The van der Waals surface area contributed by atoms with Gasteiger partial charge in [-0.05, 0) is 68.3 Å². The maximum absolute atomic E-state index is 13.2. The maximum atomic E-state index is 13.2. The normalized spacial score (nSPS) is 13.1. The van der Waals surface area contributed by atoms with Crippen LogP contribution in [-0.2, 0) is 4.74 Å². The molecule has 1 amide bonds. The summed E-state index contributed by atoms with van der Waals surface area (Å²) in [6, 6.07) is 24.1. The quantitative estimate of drug-likeness (QED) is 0.197. The number of hydrogen-bond acceptors (Lipinski definition) is 5. The Labute approximate surface area is 226 Å². The van der Waals surface area contributed by atoms with Crippen molar-refractivity contribution in [2.24, 2.45) is 0 Å². The van der Waals surface area contributed by atoms with Crippen molar-refractivity contribution in [2.45, 2.75) is 38.2 Å². The van der Waals surface area contributed by atoms with Crippen molar-refractivity contribution in [3.8, 4) is 5.75 Å². The number of hydrogen-bond donors (Lipinski definition) is 0. The highest BCUT2D eigenvalue weighted by atomic mass is 79.9. The summed E-state index contributed by atoms with van der Waals surface area (Å²) in [4.78, 5) is 26.1. The minimum absolute atomic E-state index is 0.277. The van der Waals surface area contributed by atoms with Gasteiger partial charge in [0, 0.05) is 21.5 Å². The van der Waals surface area contributed by atoms with Gasteiger partial charge in [0.1, 0.15) is 11.4 Å². The van der Waals surface area contributed by atoms with E-state index < -0.39 is 23.5 Å². The standard InChI is InChI=1S/C29H31BrN2O5/c1-29(2,3)37-28(33)31(24-14-16-25(36-4)17-15-24)19-18-26(21-8-6-5-7-9-21)27(20-32(34)35)22-10-12-23(30)13-11-22/h5-19,26-27H,20H2,1-4H3/b19-18-/t26-,27-/m0/s1. The topological polar surface area (TPSA) is 81.9 Å². The first-order valence-corrected chi connectivity index (χ1v) is 12.6. The molecule has 0 N–H and O–H groups in total. The van der Waals surface area contributed by atoms with Crippen LogP contribution in [0.4, 0.5) is 10.5 Å². The molecule has 0 heterocycles. The second-order valence-electron chi connectivity index (χ2n) is 9.50. The molecule has 0 radical (unpaired) electrons. The molecular weight excluding hydrogens is 536 g/mol. The fraction of sp³-hybridized carbons (Fsp3) is 0.276. The molecule has 3 rings (SSSR count). The van der Waals surface area contributed by atoms with E-state index in [9.17, 15) is 14.9 Å². The zero-order valence-electron chi connectivity index (χ0n) is 21.3. The molecule has 0 bridgehead atoms. The Balaban J connectivity index is 2.09. The molecule has 2 atom stereocenters. The first-order valence-electron chi connectivity index (χ1n) is 11.8. The van der Waals surface area contributed by atoms with E-state index in [0.29, 0.717) is 11.4 Å². The second kappa shape index (κ2) is 12.5. The molecule has 7 nitrogen and oxygen atoms in total. The van der Waals surface area contributed by atoms with Gasteiger partial charge >= 0.3 is 6.09 Å². The lowest BCUT2D eigenvalue weighted by molar-refractivity contribution is -0.483. The van der Waals surface area contributed by atoms with Gasteiger partial charge < -0.3 is 9.47 Å². The smallest absolute Gasteiger partial charge is 0.418 e. The molecule has 0 aromatic heterocycles. The minimum atomic E-state index is -0.708. The number of carbonyl (C=O) groups is 1. The molecule has 0 saturated carbocycles. The predicted molar refractivity (Wildman–Crippen MR) is 149 cm³/mol. The predicted octanol–water partition coefficient (Wildman–Crippen LogP) is 7.56. The third-order valence-electron chi connectivity index (χ3n) is 5.65. The SMILES string of the molecule is COc1ccc(N(/C=C\[C@@H](c2ccccc2)[C@@H](C[N+](=O)[O-])c2ccc(Br)cc2)C(=O)OC(C)(C)C)cc1. The summed E-state index contributed by atoms with van der Waals surface area (Å²) in [7, 11) is 1.57. The highest BCUT2D eigenvalue weighted by molar-refractivity contribution is 9.10. The lowest BCUT2D eigenvalue weighted by Gasteiger charge is -2.27. The van der Waals surface area contributed by atoms with E-state index in [4.69, 9.17) is 9.47 Å². The molecule has 0 aliphatic heterocycles. The molecule has 3 aromatic carbocycles. The van der Waals surface area contributed by atoms with Crippen LogP contribution in [-0.4, -0.2) is 30.3 Å². The Morgan fingerprint density at radius 3 is 2.16 bits per heavy atom. The zero-order valence-corrected chi connectivity index (χ0v) is 22.9. The maximum Gasteiger partial charge on any atom is 0.418 e. The van der Waals surface area contributed by atoms with Crippen molar-refractivity contribution < 1.29 is 19.2 Å². The summed E-state index contributed by atoms with van der Waals surface area (Å²) in [6.45, 7) is 5.12. The molecule has 0 saturated heterocycles. The van der Waals surface area contributed by atoms with Crippen LogP contribution in [0.5, 0.6) is 5.75 Å². The number of carbonyl (C=O) groups excluding carboxylic acids is 1. The van der Waals surface area contributed by atoms with Crippen molar-refractivity contribution in [1.29, 1.82) is 0 Å². The number of allylic oxidation sites excluding steroid dienone is 1. The first-order chi connectivity index (χ1) is 17.6. The lowest BCUT2D eigenvalue weighted by atomic mass is 9.81. The Morgan fingerprint density at radius 1 is 1.00 bits per heavy atom. The summed E-state index contributed by atoms with van der Waals surface area (Å²) in [5.41, 5.74) is 1.59. The van der Waals surface area contributed by atoms with E-state index in [1.54, 1.807) is 58.3 Å². The molecule has 194 valence electrons. The van der Waals surface area contributed by atoms with E-state index in [1.807, 2.05) is 60.7 Å². The summed E-state index contributed by atoms with van der Waals surface area (Å²) in [6.07, 6.45) is 2.91. The Morgan fingerprint density at radius 2 is 1.62 bits per heavy atom. The lowest BCUT2D eigenvalue weighted by Crippen LogP contribution is -2.33.